The van der Waals surface area contributed by atoms with Crippen molar-refractivity contribution in [3.05, 3.63) is 53.5 Å². The summed E-state index contributed by atoms with van der Waals surface area (Å²) in [6.07, 6.45) is 2.49. The van der Waals surface area contributed by atoms with Gasteiger partial charge in [0.2, 0.25) is 0 Å². The summed E-state index contributed by atoms with van der Waals surface area (Å²) < 4.78 is 10.6. The van der Waals surface area contributed by atoms with Gasteiger partial charge in [-0.25, -0.2) is 0 Å². The highest BCUT2D eigenvalue weighted by Gasteiger charge is 2.32. The molecule has 0 bridgehead atoms. The SMILES string of the molecule is CC1(C)COc2ccc(C(O)c3ccoc3)cc21. The first-order chi connectivity index (χ1) is 8.58. The molecule has 18 heavy (non-hydrogen) atoms. The molecule has 94 valence electrons. The lowest BCUT2D eigenvalue weighted by Gasteiger charge is -2.17. The molecule has 0 spiro atoms. The van der Waals surface area contributed by atoms with Crippen LogP contribution in [0.25, 0.3) is 0 Å². The van der Waals surface area contributed by atoms with Gasteiger partial charge in [0.15, 0.2) is 0 Å². The van der Waals surface area contributed by atoms with Crippen molar-refractivity contribution in [1.82, 2.24) is 0 Å². The molecule has 1 N–H and O–H groups in total. The van der Waals surface area contributed by atoms with E-state index in [1.807, 2.05) is 18.2 Å². The Balaban J connectivity index is 2.00. The van der Waals surface area contributed by atoms with Crippen LogP contribution in [-0.2, 0) is 5.41 Å². The lowest BCUT2D eigenvalue weighted by molar-refractivity contribution is 0.219. The van der Waals surface area contributed by atoms with Gasteiger partial charge < -0.3 is 14.3 Å². The number of furan rings is 1. The molecule has 2 aromatic rings. The maximum absolute atomic E-state index is 10.3. The van der Waals surface area contributed by atoms with Gasteiger partial charge >= 0.3 is 0 Å². The second kappa shape index (κ2) is 3.89. The number of ether oxygens (including phenoxy) is 1. The van der Waals surface area contributed by atoms with E-state index in [2.05, 4.69) is 13.8 Å². The number of hydrogen-bond acceptors (Lipinski definition) is 3. The van der Waals surface area contributed by atoms with Gasteiger partial charge in [-0.05, 0) is 23.8 Å². The third-order valence-corrected chi connectivity index (χ3v) is 3.50. The van der Waals surface area contributed by atoms with Crippen LogP contribution in [0.5, 0.6) is 5.75 Å². The topological polar surface area (TPSA) is 42.6 Å². The molecule has 0 fully saturated rings. The van der Waals surface area contributed by atoms with E-state index < -0.39 is 6.10 Å². The predicted octanol–water partition coefficient (Wildman–Crippen LogP) is 3.03. The number of benzene rings is 1. The molecule has 1 aromatic carbocycles. The molecule has 1 aliphatic heterocycles. The summed E-state index contributed by atoms with van der Waals surface area (Å²) in [5, 5.41) is 10.3. The maximum atomic E-state index is 10.3. The maximum Gasteiger partial charge on any atom is 0.123 e. The summed E-state index contributed by atoms with van der Waals surface area (Å²) in [7, 11) is 0. The summed E-state index contributed by atoms with van der Waals surface area (Å²) in [5.41, 5.74) is 2.80. The number of fused-ring (bicyclic) bond motifs is 1. The predicted molar refractivity (Wildman–Crippen MR) is 67.7 cm³/mol. The summed E-state index contributed by atoms with van der Waals surface area (Å²) in [4.78, 5) is 0. The first kappa shape index (κ1) is 11.4. The molecule has 3 heteroatoms. The molecule has 0 amide bonds. The molecule has 3 rings (SSSR count). The van der Waals surface area contributed by atoms with Gasteiger partial charge in [0.05, 0.1) is 19.1 Å². The average molecular weight is 244 g/mol. The molecule has 1 aromatic heterocycles. The van der Waals surface area contributed by atoms with Crippen LogP contribution in [0.2, 0.25) is 0 Å². The standard InChI is InChI=1S/C15H16O3/c1-15(2)9-18-13-4-3-10(7-12(13)15)14(16)11-5-6-17-8-11/h3-8,14,16H,9H2,1-2H3. The Hall–Kier alpha value is -1.74. The average Bonchev–Trinajstić information content (AvgIpc) is 2.97. The highest BCUT2D eigenvalue weighted by atomic mass is 16.5. The van der Waals surface area contributed by atoms with E-state index in [-0.39, 0.29) is 5.41 Å². The van der Waals surface area contributed by atoms with E-state index in [0.717, 1.165) is 22.4 Å². The van der Waals surface area contributed by atoms with Crippen LogP contribution in [0, 0.1) is 0 Å². The third kappa shape index (κ3) is 1.71. The van der Waals surface area contributed by atoms with Crippen molar-refractivity contribution >= 4 is 0 Å². The van der Waals surface area contributed by atoms with Crippen molar-refractivity contribution in [2.24, 2.45) is 0 Å². The molecule has 1 atom stereocenters. The van der Waals surface area contributed by atoms with Crippen LogP contribution < -0.4 is 4.74 Å². The van der Waals surface area contributed by atoms with Crippen molar-refractivity contribution < 1.29 is 14.3 Å². The van der Waals surface area contributed by atoms with Crippen LogP contribution in [-0.4, -0.2) is 11.7 Å². The molecule has 0 radical (unpaired) electrons. The van der Waals surface area contributed by atoms with Crippen molar-refractivity contribution in [2.45, 2.75) is 25.4 Å². The van der Waals surface area contributed by atoms with E-state index in [1.54, 1.807) is 18.6 Å². The molecule has 0 saturated heterocycles. The monoisotopic (exact) mass is 244 g/mol. The fourth-order valence-corrected chi connectivity index (χ4v) is 2.33. The molecule has 1 unspecified atom stereocenters. The van der Waals surface area contributed by atoms with Crippen molar-refractivity contribution in [3.8, 4) is 5.75 Å². The quantitative estimate of drug-likeness (QED) is 0.883. The molecular weight excluding hydrogens is 228 g/mol. The van der Waals surface area contributed by atoms with E-state index >= 15 is 0 Å². The van der Waals surface area contributed by atoms with E-state index in [9.17, 15) is 5.11 Å². The normalized spacial score (nSPS) is 18.2. The highest BCUT2D eigenvalue weighted by Crippen LogP contribution is 2.40. The Bertz CT molecular complexity index is 555. The van der Waals surface area contributed by atoms with Gasteiger partial charge in [0.25, 0.3) is 0 Å². The number of aliphatic hydroxyl groups excluding tert-OH is 1. The third-order valence-electron chi connectivity index (χ3n) is 3.50. The minimum absolute atomic E-state index is 0.00145. The molecule has 1 aliphatic rings. The fraction of sp³-hybridized carbons (Fsp3) is 0.333. The Kier molecular flexibility index (Phi) is 2.45. The molecule has 0 saturated carbocycles. The minimum Gasteiger partial charge on any atom is -0.492 e. The van der Waals surface area contributed by atoms with Gasteiger partial charge in [-0.15, -0.1) is 0 Å². The molecule has 2 heterocycles. The van der Waals surface area contributed by atoms with Crippen LogP contribution in [0.1, 0.15) is 36.6 Å². The lowest BCUT2D eigenvalue weighted by atomic mass is 9.85. The first-order valence-corrected chi connectivity index (χ1v) is 6.05. The van der Waals surface area contributed by atoms with Gasteiger partial charge in [0, 0.05) is 16.5 Å². The number of aliphatic hydroxyl groups is 1. The molecule has 3 nitrogen and oxygen atoms in total. The van der Waals surface area contributed by atoms with E-state index in [1.165, 1.54) is 0 Å². The Morgan fingerprint density at radius 3 is 2.78 bits per heavy atom. The van der Waals surface area contributed by atoms with Gasteiger partial charge in [-0.3, -0.25) is 0 Å². The second-order valence-corrected chi connectivity index (χ2v) is 5.39. The van der Waals surface area contributed by atoms with Crippen molar-refractivity contribution in [1.29, 1.82) is 0 Å². The minimum atomic E-state index is -0.648. The zero-order chi connectivity index (χ0) is 12.8. The Morgan fingerprint density at radius 1 is 1.22 bits per heavy atom. The zero-order valence-corrected chi connectivity index (χ0v) is 10.5. The fourth-order valence-electron chi connectivity index (χ4n) is 2.33. The van der Waals surface area contributed by atoms with Gasteiger partial charge in [0.1, 0.15) is 11.9 Å². The summed E-state index contributed by atoms with van der Waals surface area (Å²) >= 11 is 0. The molecule has 0 aliphatic carbocycles. The number of hydrogen-bond donors (Lipinski definition) is 1. The van der Waals surface area contributed by atoms with Crippen LogP contribution in [0.4, 0.5) is 0 Å². The summed E-state index contributed by atoms with van der Waals surface area (Å²) in [6, 6.07) is 7.64. The second-order valence-electron chi connectivity index (χ2n) is 5.39. The largest absolute Gasteiger partial charge is 0.492 e. The van der Waals surface area contributed by atoms with Crippen molar-refractivity contribution in [2.75, 3.05) is 6.61 Å². The summed E-state index contributed by atoms with van der Waals surface area (Å²) in [5.74, 6) is 0.920. The zero-order valence-electron chi connectivity index (χ0n) is 10.5. The number of rotatable bonds is 2. The first-order valence-electron chi connectivity index (χ1n) is 6.05. The van der Waals surface area contributed by atoms with Crippen molar-refractivity contribution in [3.63, 3.8) is 0 Å². The Labute approximate surface area is 106 Å². The van der Waals surface area contributed by atoms with Gasteiger partial charge in [-0.1, -0.05) is 19.9 Å². The van der Waals surface area contributed by atoms with Crippen LogP contribution in [0.15, 0.2) is 41.2 Å². The Morgan fingerprint density at radius 2 is 2.06 bits per heavy atom. The van der Waals surface area contributed by atoms with Crippen LogP contribution >= 0.6 is 0 Å². The van der Waals surface area contributed by atoms with E-state index in [0.29, 0.717) is 6.61 Å². The smallest absolute Gasteiger partial charge is 0.123 e. The highest BCUT2D eigenvalue weighted by molar-refractivity contribution is 5.46. The molecular formula is C15H16O3. The van der Waals surface area contributed by atoms with Crippen LogP contribution in [0.3, 0.4) is 0 Å². The lowest BCUT2D eigenvalue weighted by Crippen LogP contribution is -2.18. The van der Waals surface area contributed by atoms with Gasteiger partial charge in [-0.2, -0.15) is 0 Å². The van der Waals surface area contributed by atoms with E-state index in [4.69, 9.17) is 9.15 Å². The summed E-state index contributed by atoms with van der Waals surface area (Å²) in [6.45, 7) is 4.98.